The zero-order valence-corrected chi connectivity index (χ0v) is 12.4. The first-order valence-electron chi connectivity index (χ1n) is 2.68. The summed E-state index contributed by atoms with van der Waals surface area (Å²) in [5.41, 5.74) is 0. The van der Waals surface area contributed by atoms with Crippen molar-refractivity contribution in [3.8, 4) is 0 Å². The summed E-state index contributed by atoms with van der Waals surface area (Å²) in [6.45, 7) is 13.4. The molecule has 0 radical (unpaired) electrons. The fourth-order valence-electron chi connectivity index (χ4n) is 0. The first-order valence-corrected chi connectivity index (χ1v) is 8.05. The number of hydrogen-bond donors (Lipinski definition) is 0. The van der Waals surface area contributed by atoms with Gasteiger partial charge in [0.25, 0.3) is 0 Å². The minimum absolute atomic E-state index is 0. The average Bonchev–Trinajstić information content (AvgIpc) is 1.25. The van der Waals surface area contributed by atoms with Crippen LogP contribution in [-0.4, -0.2) is 40.0 Å². The second kappa shape index (κ2) is 12.2. The maximum Gasteiger partial charge on any atom is 0 e. The van der Waals surface area contributed by atoms with Crippen molar-refractivity contribution in [1.29, 1.82) is 0 Å². The van der Waals surface area contributed by atoms with Crippen molar-refractivity contribution >= 4 is 15.8 Å². The molecular weight excluding hydrogens is 199 g/mol. The molecule has 0 spiro atoms. The first kappa shape index (κ1) is 16.8. The molecule has 0 saturated heterocycles. The van der Waals surface area contributed by atoms with E-state index >= 15 is 0 Å². The largest absolute Gasteiger partial charge is 0.116 e. The van der Waals surface area contributed by atoms with Crippen LogP contribution in [0.4, 0.5) is 0 Å². The van der Waals surface area contributed by atoms with Gasteiger partial charge in [-0.1, -0.05) is 0 Å². The Morgan fingerprint density at radius 1 is 0.556 bits per heavy atom. The van der Waals surface area contributed by atoms with E-state index in [0.29, 0.717) is 15.8 Å². The summed E-state index contributed by atoms with van der Waals surface area (Å²) in [6.07, 6.45) is 0. The van der Waals surface area contributed by atoms with Gasteiger partial charge in [-0.15, -0.1) is 15.8 Å². The van der Waals surface area contributed by atoms with Gasteiger partial charge in [0.05, 0.1) is 0 Å². The minimum atomic E-state index is 0. The molecule has 0 heterocycles. The summed E-state index contributed by atoms with van der Waals surface area (Å²) >= 11 is 0. The van der Waals surface area contributed by atoms with Crippen molar-refractivity contribution in [3.63, 3.8) is 0 Å². The van der Waals surface area contributed by atoms with Crippen molar-refractivity contribution < 1.29 is 19.5 Å². The third-order valence-electron chi connectivity index (χ3n) is 0. The SMILES string of the molecule is CP(C)C.CP(C)C.[Zn]. The Morgan fingerprint density at radius 3 is 0.556 bits per heavy atom. The number of rotatable bonds is 0. The monoisotopic (exact) mass is 216 g/mol. The summed E-state index contributed by atoms with van der Waals surface area (Å²) < 4.78 is 0. The van der Waals surface area contributed by atoms with Crippen LogP contribution in [0.2, 0.25) is 0 Å². The standard InChI is InChI=1S/2C3H9P.Zn/c2*1-4(2)3;/h2*1-3H3;. The Labute approximate surface area is 75.5 Å². The molecule has 0 rings (SSSR count). The summed E-state index contributed by atoms with van der Waals surface area (Å²) in [4.78, 5) is 0. The second-order valence-corrected chi connectivity index (χ2v) is 8.05. The van der Waals surface area contributed by atoms with Crippen LogP contribution in [0.25, 0.3) is 0 Å². The molecule has 0 fully saturated rings. The molecule has 9 heavy (non-hydrogen) atoms. The van der Waals surface area contributed by atoms with Crippen molar-refractivity contribution in [2.75, 3.05) is 40.0 Å². The molecule has 0 bridgehead atoms. The molecule has 0 aromatic carbocycles. The first-order chi connectivity index (χ1) is 3.46. The molecule has 0 nitrogen and oxygen atoms in total. The van der Waals surface area contributed by atoms with Crippen molar-refractivity contribution in [3.05, 3.63) is 0 Å². The van der Waals surface area contributed by atoms with E-state index in [0.717, 1.165) is 0 Å². The van der Waals surface area contributed by atoms with E-state index in [9.17, 15) is 0 Å². The van der Waals surface area contributed by atoms with Crippen LogP contribution in [0.1, 0.15) is 0 Å². The molecule has 0 atom stereocenters. The van der Waals surface area contributed by atoms with Gasteiger partial charge in [0, 0.05) is 19.5 Å². The van der Waals surface area contributed by atoms with Crippen LogP contribution < -0.4 is 0 Å². The summed E-state index contributed by atoms with van der Waals surface area (Å²) in [5, 5.41) is 0. The van der Waals surface area contributed by atoms with E-state index in [1.54, 1.807) is 0 Å². The Hall–Kier alpha value is 1.48. The van der Waals surface area contributed by atoms with Gasteiger partial charge in [0.1, 0.15) is 0 Å². The predicted octanol–water partition coefficient (Wildman–Crippen LogP) is 2.71. The molecule has 0 N–H and O–H groups in total. The topological polar surface area (TPSA) is 0 Å². The van der Waals surface area contributed by atoms with Crippen LogP contribution in [0, 0.1) is 0 Å². The normalized spacial score (nSPS) is 8.00. The van der Waals surface area contributed by atoms with E-state index < -0.39 is 0 Å². The maximum absolute atomic E-state index is 2.23. The second-order valence-electron chi connectivity index (χ2n) is 2.68. The zero-order valence-electron chi connectivity index (χ0n) is 7.60. The molecule has 0 aliphatic heterocycles. The van der Waals surface area contributed by atoms with Crippen molar-refractivity contribution in [2.24, 2.45) is 0 Å². The van der Waals surface area contributed by atoms with E-state index in [4.69, 9.17) is 0 Å². The van der Waals surface area contributed by atoms with Crippen LogP contribution in [-0.2, 0) is 19.5 Å². The summed E-state index contributed by atoms with van der Waals surface area (Å²) in [6, 6.07) is 0. The Morgan fingerprint density at radius 2 is 0.556 bits per heavy atom. The van der Waals surface area contributed by atoms with Crippen molar-refractivity contribution in [1.82, 2.24) is 0 Å². The van der Waals surface area contributed by atoms with Gasteiger partial charge >= 0.3 is 0 Å². The molecule has 0 aromatic heterocycles. The Kier molecular flexibility index (Phi) is 22.8. The minimum Gasteiger partial charge on any atom is -0.116 e. The van der Waals surface area contributed by atoms with Crippen molar-refractivity contribution in [2.45, 2.75) is 0 Å². The summed E-state index contributed by atoms with van der Waals surface area (Å²) in [7, 11) is 0.759. The maximum atomic E-state index is 2.23. The van der Waals surface area contributed by atoms with E-state index in [2.05, 4.69) is 40.0 Å². The number of hydrogen-bond acceptors (Lipinski definition) is 0. The van der Waals surface area contributed by atoms with Gasteiger partial charge in [0.15, 0.2) is 0 Å². The van der Waals surface area contributed by atoms with Crippen LogP contribution in [0.15, 0.2) is 0 Å². The van der Waals surface area contributed by atoms with Gasteiger partial charge < -0.3 is 0 Å². The molecule has 0 aromatic rings. The predicted molar refractivity (Wildman–Crippen MR) is 49.4 cm³/mol. The van der Waals surface area contributed by atoms with E-state index in [-0.39, 0.29) is 19.5 Å². The van der Waals surface area contributed by atoms with E-state index in [1.807, 2.05) is 0 Å². The van der Waals surface area contributed by atoms with Gasteiger partial charge in [-0.3, -0.25) is 0 Å². The molecule has 3 heteroatoms. The molecule has 0 aliphatic rings. The molecular formula is C6H18P2Zn. The fraction of sp³-hybridized carbons (Fsp3) is 1.00. The van der Waals surface area contributed by atoms with Gasteiger partial charge in [-0.05, 0) is 40.0 Å². The van der Waals surface area contributed by atoms with Gasteiger partial charge in [-0.2, -0.15) is 0 Å². The Bertz CT molecular complexity index is 26.5. The smallest absolute Gasteiger partial charge is 0 e. The third kappa shape index (κ3) is 241. The fourth-order valence-corrected chi connectivity index (χ4v) is 0. The molecule has 0 aliphatic carbocycles. The molecule has 0 unspecified atom stereocenters. The van der Waals surface area contributed by atoms with Crippen LogP contribution >= 0.6 is 15.8 Å². The third-order valence-corrected chi connectivity index (χ3v) is 0. The Balaban J connectivity index is -0.0000000720. The molecule has 0 amide bonds. The summed E-state index contributed by atoms with van der Waals surface area (Å²) in [5.74, 6) is 0. The average molecular weight is 218 g/mol. The zero-order chi connectivity index (χ0) is 7.15. The van der Waals surface area contributed by atoms with Crippen LogP contribution in [0.3, 0.4) is 0 Å². The van der Waals surface area contributed by atoms with Gasteiger partial charge in [-0.25, -0.2) is 0 Å². The quantitative estimate of drug-likeness (QED) is 0.432. The molecule has 54 valence electrons. The van der Waals surface area contributed by atoms with Gasteiger partial charge in [0.2, 0.25) is 0 Å². The molecule has 0 saturated carbocycles. The van der Waals surface area contributed by atoms with Crippen LogP contribution in [0.5, 0.6) is 0 Å². The van der Waals surface area contributed by atoms with E-state index in [1.165, 1.54) is 0 Å².